The van der Waals surface area contributed by atoms with Crippen molar-refractivity contribution in [2.24, 2.45) is 5.41 Å². The molecule has 1 aromatic heterocycles. The van der Waals surface area contributed by atoms with Gasteiger partial charge in [-0.25, -0.2) is 13.4 Å². The Morgan fingerprint density at radius 2 is 1.82 bits per heavy atom. The zero-order valence-electron chi connectivity index (χ0n) is 20.7. The average Bonchev–Trinajstić information content (AvgIpc) is 3.39. The number of halogens is 2. The number of anilines is 3. The lowest BCUT2D eigenvalue weighted by Crippen LogP contribution is -2.35. The Bertz CT molecular complexity index is 1520. The van der Waals surface area contributed by atoms with Crippen LogP contribution in [0.15, 0.2) is 36.4 Å². The number of hydrogen-bond donors (Lipinski definition) is 3. The number of carbonyl (C=O) groups is 1. The van der Waals surface area contributed by atoms with Gasteiger partial charge in [0.05, 0.1) is 40.5 Å². The molecule has 202 valence electrons. The predicted octanol–water partition coefficient (Wildman–Crippen LogP) is 3.90. The van der Waals surface area contributed by atoms with E-state index in [1.54, 1.807) is 30.3 Å². The van der Waals surface area contributed by atoms with Crippen molar-refractivity contribution in [3.63, 3.8) is 0 Å². The SMILES string of the molecule is O=C(Nc1cccc2c1nc1n2CCC1(F)F)c1ccc(NS(=O)(=O)CCO)cc1N1CCC2(CC1)CC2. The quantitative estimate of drug-likeness (QED) is 0.415. The van der Waals surface area contributed by atoms with Gasteiger partial charge < -0.3 is 19.9 Å². The van der Waals surface area contributed by atoms with E-state index in [1.807, 2.05) is 0 Å². The van der Waals surface area contributed by atoms with Crippen LogP contribution in [0.5, 0.6) is 0 Å². The molecule has 38 heavy (non-hydrogen) atoms. The molecule has 0 radical (unpaired) electrons. The molecule has 2 aromatic carbocycles. The third-order valence-electron chi connectivity index (χ3n) is 8.00. The van der Waals surface area contributed by atoms with Crippen molar-refractivity contribution in [1.29, 1.82) is 0 Å². The molecule has 1 saturated heterocycles. The monoisotopic (exact) mass is 545 g/mol. The highest BCUT2D eigenvalue weighted by Gasteiger charge is 2.45. The number of para-hydroxylation sites is 1. The average molecular weight is 546 g/mol. The molecule has 6 rings (SSSR count). The minimum Gasteiger partial charge on any atom is -0.395 e. The summed E-state index contributed by atoms with van der Waals surface area (Å²) >= 11 is 0. The Labute approximate surface area is 218 Å². The molecular formula is C26H29F2N5O4S. The van der Waals surface area contributed by atoms with Gasteiger partial charge in [0.1, 0.15) is 5.52 Å². The molecule has 0 unspecified atom stereocenters. The Balaban J connectivity index is 1.33. The molecule has 2 aliphatic heterocycles. The van der Waals surface area contributed by atoms with Gasteiger partial charge in [-0.2, -0.15) is 8.78 Å². The number of aliphatic hydroxyl groups excluding tert-OH is 1. The number of piperidine rings is 1. The number of hydrogen-bond acceptors (Lipinski definition) is 6. The fourth-order valence-corrected chi connectivity index (χ4v) is 6.43. The van der Waals surface area contributed by atoms with Crippen molar-refractivity contribution >= 4 is 44.0 Å². The molecule has 3 N–H and O–H groups in total. The molecule has 12 heteroatoms. The van der Waals surface area contributed by atoms with Crippen molar-refractivity contribution < 1.29 is 27.1 Å². The smallest absolute Gasteiger partial charge is 0.306 e. The van der Waals surface area contributed by atoms with Gasteiger partial charge in [-0.1, -0.05) is 6.07 Å². The Hall–Kier alpha value is -3.25. The zero-order chi connectivity index (χ0) is 26.7. The third kappa shape index (κ3) is 4.49. The van der Waals surface area contributed by atoms with Crippen molar-refractivity contribution in [2.45, 2.75) is 44.6 Å². The lowest BCUT2D eigenvalue weighted by atomic mass is 9.93. The van der Waals surface area contributed by atoms with Crippen LogP contribution < -0.4 is 14.9 Å². The maximum Gasteiger partial charge on any atom is 0.306 e. The zero-order valence-corrected chi connectivity index (χ0v) is 21.5. The third-order valence-corrected chi connectivity index (χ3v) is 9.27. The van der Waals surface area contributed by atoms with E-state index in [4.69, 9.17) is 5.11 Å². The Morgan fingerprint density at radius 3 is 2.53 bits per heavy atom. The first-order valence-electron chi connectivity index (χ1n) is 12.8. The van der Waals surface area contributed by atoms with E-state index in [9.17, 15) is 22.0 Å². The summed E-state index contributed by atoms with van der Waals surface area (Å²) in [5.74, 6) is -4.19. The van der Waals surface area contributed by atoms with Gasteiger partial charge in [0, 0.05) is 26.1 Å². The number of rotatable bonds is 7. The first-order valence-corrected chi connectivity index (χ1v) is 14.4. The van der Waals surface area contributed by atoms with Crippen molar-refractivity contribution in [3.05, 3.63) is 47.8 Å². The van der Waals surface area contributed by atoms with Crippen LogP contribution in [0.4, 0.5) is 25.8 Å². The normalized spacial score (nSPS) is 19.5. The van der Waals surface area contributed by atoms with Crippen molar-refractivity contribution in [1.82, 2.24) is 9.55 Å². The highest BCUT2D eigenvalue weighted by molar-refractivity contribution is 7.92. The van der Waals surface area contributed by atoms with Gasteiger partial charge in [0.15, 0.2) is 5.82 Å². The number of aliphatic hydroxyl groups is 1. The number of benzene rings is 2. The summed E-state index contributed by atoms with van der Waals surface area (Å²) in [5, 5.41) is 11.9. The summed E-state index contributed by atoms with van der Waals surface area (Å²) in [6.07, 6.45) is 4.14. The van der Waals surface area contributed by atoms with Gasteiger partial charge in [-0.15, -0.1) is 0 Å². The van der Waals surface area contributed by atoms with Crippen LogP contribution in [0.3, 0.4) is 0 Å². The molecule has 2 fully saturated rings. The molecule has 1 saturated carbocycles. The number of amides is 1. The first kappa shape index (κ1) is 25.1. The molecular weight excluding hydrogens is 516 g/mol. The van der Waals surface area contributed by atoms with Gasteiger partial charge in [0.25, 0.3) is 5.91 Å². The minimum absolute atomic E-state index is 0.157. The maximum atomic E-state index is 14.3. The summed E-state index contributed by atoms with van der Waals surface area (Å²) in [4.78, 5) is 19.9. The van der Waals surface area contributed by atoms with Gasteiger partial charge >= 0.3 is 5.92 Å². The molecule has 1 spiro atoms. The summed E-state index contributed by atoms with van der Waals surface area (Å²) < 4.78 is 57.1. The van der Waals surface area contributed by atoms with Gasteiger partial charge in [-0.05, 0) is 61.4 Å². The van der Waals surface area contributed by atoms with Gasteiger partial charge in [-0.3, -0.25) is 9.52 Å². The highest BCUT2D eigenvalue weighted by Crippen LogP contribution is 2.54. The molecule has 1 aliphatic carbocycles. The second-order valence-corrected chi connectivity index (χ2v) is 12.4. The Morgan fingerprint density at radius 1 is 1.05 bits per heavy atom. The second kappa shape index (κ2) is 8.91. The highest BCUT2D eigenvalue weighted by atomic mass is 32.2. The van der Waals surface area contributed by atoms with Gasteiger partial charge in [0.2, 0.25) is 10.0 Å². The molecule has 0 atom stereocenters. The van der Waals surface area contributed by atoms with Crippen LogP contribution in [0, 0.1) is 5.41 Å². The largest absolute Gasteiger partial charge is 0.395 e. The van der Waals surface area contributed by atoms with E-state index in [0.29, 0.717) is 39.1 Å². The number of aryl methyl sites for hydroxylation is 1. The summed E-state index contributed by atoms with van der Waals surface area (Å²) in [7, 11) is -3.75. The lowest BCUT2D eigenvalue weighted by molar-refractivity contribution is -0.00604. The topological polar surface area (TPSA) is 117 Å². The molecule has 0 bridgehead atoms. The molecule has 3 heterocycles. The van der Waals surface area contributed by atoms with Crippen LogP contribution in [-0.4, -0.2) is 54.4 Å². The lowest BCUT2D eigenvalue weighted by Gasteiger charge is -2.35. The van der Waals surface area contributed by atoms with Crippen LogP contribution in [0.1, 0.15) is 48.3 Å². The number of aromatic nitrogens is 2. The van der Waals surface area contributed by atoms with Crippen LogP contribution in [-0.2, 0) is 22.5 Å². The number of fused-ring (bicyclic) bond motifs is 3. The maximum absolute atomic E-state index is 14.3. The standard InChI is InChI=1S/C26H29F2N5O4S/c27-26(28)10-13-33-20-3-1-2-19(22(20)30-24(26)33)29-23(35)18-5-4-17(31-38(36,37)15-14-34)16-21(18)32-11-8-25(6-7-25)9-12-32/h1-5,16,31,34H,6-15H2,(H,29,35). The fraction of sp³-hybridized carbons (Fsp3) is 0.462. The minimum atomic E-state index is -3.75. The molecule has 9 nitrogen and oxygen atoms in total. The number of nitrogens with zero attached hydrogens (tertiary/aromatic N) is 3. The van der Waals surface area contributed by atoms with E-state index in [2.05, 4.69) is 19.9 Å². The molecule has 3 aliphatic rings. The Kier molecular flexibility index (Phi) is 5.87. The fourth-order valence-electron chi connectivity index (χ4n) is 5.61. The van der Waals surface area contributed by atoms with Crippen molar-refractivity contribution in [2.75, 3.05) is 40.4 Å². The summed E-state index contributed by atoms with van der Waals surface area (Å²) in [5.41, 5.74) is 2.81. The number of alkyl halides is 2. The van der Waals surface area contributed by atoms with Crippen LogP contribution in [0.25, 0.3) is 11.0 Å². The number of sulfonamides is 1. The van der Waals surface area contributed by atoms with Crippen LogP contribution in [0.2, 0.25) is 0 Å². The van der Waals surface area contributed by atoms with E-state index in [-0.39, 0.29) is 18.8 Å². The number of imidazole rings is 1. The van der Waals surface area contributed by atoms with E-state index in [0.717, 1.165) is 25.9 Å². The predicted molar refractivity (Wildman–Crippen MR) is 140 cm³/mol. The van der Waals surface area contributed by atoms with Crippen LogP contribution >= 0.6 is 0 Å². The second-order valence-electron chi connectivity index (χ2n) is 10.5. The molecule has 1 amide bonds. The van der Waals surface area contributed by atoms with E-state index < -0.39 is 34.2 Å². The summed E-state index contributed by atoms with van der Waals surface area (Å²) in [6, 6.07) is 9.75. The first-order chi connectivity index (χ1) is 18.1. The number of nitrogens with one attached hydrogen (secondary N) is 2. The van der Waals surface area contributed by atoms with Crippen molar-refractivity contribution in [3.8, 4) is 0 Å². The number of carbonyl (C=O) groups excluding carboxylic acids is 1. The molecule has 3 aromatic rings. The van der Waals surface area contributed by atoms with E-state index in [1.165, 1.54) is 23.5 Å². The van der Waals surface area contributed by atoms with E-state index >= 15 is 0 Å². The summed E-state index contributed by atoms with van der Waals surface area (Å²) in [6.45, 7) is 1.13.